The molecule has 3 aromatic rings. The second-order valence-corrected chi connectivity index (χ2v) is 6.53. The predicted octanol–water partition coefficient (Wildman–Crippen LogP) is 6.79. The summed E-state index contributed by atoms with van der Waals surface area (Å²) in [5.74, 6) is -0.856. The molecular formula is C24H21F3O2. The number of hydrogen-bond acceptors (Lipinski definition) is 2. The van der Waals surface area contributed by atoms with E-state index in [0.717, 1.165) is 18.1 Å². The second-order valence-electron chi connectivity index (χ2n) is 6.53. The van der Waals surface area contributed by atoms with E-state index in [0.29, 0.717) is 29.5 Å². The smallest absolute Gasteiger partial charge is 0.426 e. The van der Waals surface area contributed by atoms with Crippen molar-refractivity contribution < 1.29 is 22.6 Å². The van der Waals surface area contributed by atoms with Crippen molar-refractivity contribution in [1.29, 1.82) is 0 Å². The van der Waals surface area contributed by atoms with Crippen LogP contribution in [0.25, 0.3) is 10.8 Å². The largest absolute Gasteiger partial charge is 0.490 e. The summed E-state index contributed by atoms with van der Waals surface area (Å²) < 4.78 is 53.8. The van der Waals surface area contributed by atoms with Gasteiger partial charge in [-0.2, -0.15) is 8.78 Å². The van der Waals surface area contributed by atoms with E-state index in [2.05, 4.69) is 13.2 Å². The van der Waals surface area contributed by atoms with Crippen molar-refractivity contribution in [2.75, 3.05) is 6.61 Å². The average Bonchev–Trinajstić information content (AvgIpc) is 2.71. The maximum absolute atomic E-state index is 14.6. The van der Waals surface area contributed by atoms with Crippen molar-refractivity contribution >= 4 is 10.8 Å². The van der Waals surface area contributed by atoms with Gasteiger partial charge in [0.1, 0.15) is 12.4 Å². The summed E-state index contributed by atoms with van der Waals surface area (Å²) in [4.78, 5) is 0. The van der Waals surface area contributed by atoms with Crippen molar-refractivity contribution in [3.63, 3.8) is 0 Å². The Labute approximate surface area is 167 Å². The Hall–Kier alpha value is -3.21. The van der Waals surface area contributed by atoms with Crippen molar-refractivity contribution in [2.45, 2.75) is 19.0 Å². The predicted molar refractivity (Wildman–Crippen MR) is 109 cm³/mol. The molecular weight excluding hydrogens is 377 g/mol. The van der Waals surface area contributed by atoms with Crippen molar-refractivity contribution in [3.8, 4) is 11.5 Å². The van der Waals surface area contributed by atoms with Gasteiger partial charge in [0.05, 0.1) is 5.56 Å². The van der Waals surface area contributed by atoms with E-state index in [-0.39, 0.29) is 5.56 Å². The van der Waals surface area contributed by atoms with Crippen LogP contribution in [0.4, 0.5) is 13.2 Å². The minimum atomic E-state index is -3.67. The summed E-state index contributed by atoms with van der Waals surface area (Å²) in [6, 6.07) is 13.2. The topological polar surface area (TPSA) is 18.5 Å². The molecule has 0 unspecified atom stereocenters. The molecule has 5 heteroatoms. The Morgan fingerprint density at radius 2 is 1.66 bits per heavy atom. The van der Waals surface area contributed by atoms with Crippen LogP contribution in [0.1, 0.15) is 17.5 Å². The molecule has 3 rings (SSSR count). The highest BCUT2D eigenvalue weighted by Crippen LogP contribution is 2.35. The fraction of sp³-hybridized carbons (Fsp3) is 0.167. The highest BCUT2D eigenvalue weighted by molar-refractivity contribution is 5.85. The van der Waals surface area contributed by atoms with E-state index in [4.69, 9.17) is 9.47 Å². The fourth-order valence-electron chi connectivity index (χ4n) is 2.88. The third-order valence-corrected chi connectivity index (χ3v) is 4.40. The van der Waals surface area contributed by atoms with E-state index in [1.54, 1.807) is 42.5 Å². The van der Waals surface area contributed by atoms with Gasteiger partial charge >= 0.3 is 6.11 Å². The van der Waals surface area contributed by atoms with Gasteiger partial charge in [-0.15, -0.1) is 6.58 Å². The molecule has 0 spiro atoms. The molecule has 0 bridgehead atoms. The van der Waals surface area contributed by atoms with Crippen LogP contribution in [0, 0.1) is 5.82 Å². The molecule has 0 saturated heterocycles. The lowest BCUT2D eigenvalue weighted by atomic mass is 10.1. The number of alkyl halides is 2. The number of aryl methyl sites for hydroxylation is 1. The number of allylic oxidation sites excluding steroid dienone is 1. The van der Waals surface area contributed by atoms with Gasteiger partial charge in [0, 0.05) is 0 Å². The third kappa shape index (κ3) is 4.99. The number of fused-ring (bicyclic) bond motifs is 1. The molecule has 2 nitrogen and oxygen atoms in total. The zero-order valence-electron chi connectivity index (χ0n) is 15.8. The van der Waals surface area contributed by atoms with Gasteiger partial charge in [-0.3, -0.25) is 0 Å². The Kier molecular flexibility index (Phi) is 6.27. The molecule has 0 aliphatic carbocycles. The molecule has 150 valence electrons. The highest BCUT2D eigenvalue weighted by atomic mass is 19.3. The molecule has 0 fully saturated rings. The van der Waals surface area contributed by atoms with Crippen LogP contribution in [0.15, 0.2) is 79.9 Å². The summed E-state index contributed by atoms with van der Waals surface area (Å²) in [7, 11) is 0. The highest BCUT2D eigenvalue weighted by Gasteiger charge is 2.35. The number of hydrogen-bond donors (Lipinski definition) is 0. The Bertz CT molecular complexity index is 1010. The molecule has 0 aromatic heterocycles. The van der Waals surface area contributed by atoms with Crippen molar-refractivity contribution in [2.24, 2.45) is 0 Å². The summed E-state index contributed by atoms with van der Waals surface area (Å²) in [5, 5.41) is 1.08. The van der Waals surface area contributed by atoms with Gasteiger partial charge in [-0.05, 0) is 65.6 Å². The minimum absolute atomic E-state index is 0.313. The lowest BCUT2D eigenvalue weighted by Gasteiger charge is -2.19. The van der Waals surface area contributed by atoms with Crippen LogP contribution in [0.5, 0.6) is 11.5 Å². The first-order chi connectivity index (χ1) is 13.9. The van der Waals surface area contributed by atoms with Crippen LogP contribution in [-0.4, -0.2) is 6.61 Å². The SMILES string of the molecule is C=CCCc1ccc(C(F)(F)Oc2cc3ccc(OCC=C)cc3cc2F)cc1. The average molecular weight is 398 g/mol. The lowest BCUT2D eigenvalue weighted by molar-refractivity contribution is -0.186. The van der Waals surface area contributed by atoms with Gasteiger partial charge in [-0.1, -0.05) is 36.9 Å². The van der Waals surface area contributed by atoms with Crippen molar-refractivity contribution in [1.82, 2.24) is 0 Å². The first-order valence-electron chi connectivity index (χ1n) is 9.17. The third-order valence-electron chi connectivity index (χ3n) is 4.40. The molecule has 3 aromatic carbocycles. The quantitative estimate of drug-likeness (QED) is 0.370. The standard InChI is InChI=1S/C24H21F3O2/c1-3-5-6-17-7-10-20(11-8-17)24(26,27)29-23-16-18-9-12-21(28-13-4-2)14-19(18)15-22(23)25/h3-4,7-12,14-16H,1-2,5-6,13H2. The first-order valence-corrected chi connectivity index (χ1v) is 9.17. The van der Waals surface area contributed by atoms with Crippen molar-refractivity contribution in [3.05, 3.63) is 96.9 Å². The summed E-state index contributed by atoms with van der Waals surface area (Å²) >= 11 is 0. The molecule has 0 atom stereocenters. The Morgan fingerprint density at radius 3 is 2.34 bits per heavy atom. The molecule has 0 saturated carbocycles. The first kappa shape index (κ1) is 20.5. The normalized spacial score (nSPS) is 11.3. The molecule has 0 aliphatic heterocycles. The maximum Gasteiger partial charge on any atom is 0.426 e. The van der Waals surface area contributed by atoms with E-state index >= 15 is 0 Å². The number of ether oxygens (including phenoxy) is 2. The van der Waals surface area contributed by atoms with E-state index < -0.39 is 17.7 Å². The molecule has 0 aliphatic rings. The van der Waals surface area contributed by atoms with Crippen LogP contribution in [0.2, 0.25) is 0 Å². The van der Waals surface area contributed by atoms with E-state index in [9.17, 15) is 13.2 Å². The molecule has 0 amide bonds. The zero-order valence-corrected chi connectivity index (χ0v) is 15.8. The van der Waals surface area contributed by atoms with Gasteiger partial charge in [0.2, 0.25) is 0 Å². The summed E-state index contributed by atoms with van der Waals surface area (Å²) in [6.45, 7) is 7.52. The van der Waals surface area contributed by atoms with Crippen LogP contribution in [-0.2, 0) is 12.5 Å². The molecule has 0 heterocycles. The second kappa shape index (κ2) is 8.86. The van der Waals surface area contributed by atoms with Gasteiger partial charge in [-0.25, -0.2) is 4.39 Å². The Balaban J connectivity index is 1.82. The number of rotatable bonds is 9. The number of halogens is 3. The van der Waals surface area contributed by atoms with E-state index in [1.807, 2.05) is 0 Å². The molecule has 0 radical (unpaired) electrons. The zero-order chi connectivity index (χ0) is 20.9. The summed E-state index contributed by atoms with van der Waals surface area (Å²) in [6.07, 6.45) is 1.17. The van der Waals surface area contributed by atoms with Crippen LogP contribution < -0.4 is 9.47 Å². The minimum Gasteiger partial charge on any atom is -0.490 e. The molecule has 29 heavy (non-hydrogen) atoms. The van der Waals surface area contributed by atoms with Gasteiger partial charge in [0.25, 0.3) is 0 Å². The Morgan fingerprint density at radius 1 is 0.897 bits per heavy atom. The lowest BCUT2D eigenvalue weighted by Crippen LogP contribution is -2.22. The number of benzene rings is 3. The van der Waals surface area contributed by atoms with Gasteiger partial charge < -0.3 is 9.47 Å². The monoisotopic (exact) mass is 398 g/mol. The van der Waals surface area contributed by atoms with E-state index in [1.165, 1.54) is 18.2 Å². The fourth-order valence-corrected chi connectivity index (χ4v) is 2.88. The van der Waals surface area contributed by atoms with Gasteiger partial charge in [0.15, 0.2) is 11.6 Å². The molecule has 0 N–H and O–H groups in total. The van der Waals surface area contributed by atoms with Crippen LogP contribution >= 0.6 is 0 Å². The maximum atomic E-state index is 14.6. The van der Waals surface area contributed by atoms with Crippen LogP contribution in [0.3, 0.4) is 0 Å². The summed E-state index contributed by atoms with van der Waals surface area (Å²) in [5.41, 5.74) is 0.573.